The first-order valence-corrected chi connectivity index (χ1v) is 10.3. The highest BCUT2D eigenvalue weighted by atomic mass is 19.4. The molecule has 0 aliphatic rings. The minimum absolute atomic E-state index is 0.208. The van der Waals surface area contributed by atoms with Crippen LogP contribution in [0.1, 0.15) is 34.8 Å². The van der Waals surface area contributed by atoms with E-state index in [1.54, 1.807) is 24.3 Å². The zero-order valence-corrected chi connectivity index (χ0v) is 17.9. The van der Waals surface area contributed by atoms with Crippen molar-refractivity contribution in [2.45, 2.75) is 38.7 Å². The van der Waals surface area contributed by atoms with Crippen LogP contribution < -0.4 is 20.5 Å². The zero-order chi connectivity index (χ0) is 23.8. The number of hydrogen-bond acceptors (Lipinski definition) is 5. The van der Waals surface area contributed by atoms with Crippen molar-refractivity contribution in [3.05, 3.63) is 83.6 Å². The molecule has 0 spiro atoms. The first kappa shape index (κ1) is 24.1. The van der Waals surface area contributed by atoms with E-state index in [0.717, 1.165) is 24.0 Å². The fourth-order valence-corrected chi connectivity index (χ4v) is 3.02. The van der Waals surface area contributed by atoms with Gasteiger partial charge in [-0.05, 0) is 61.2 Å². The molecular formula is C24H24F3N3O3. The molecule has 3 N–H and O–H groups in total. The number of alkyl halides is 3. The normalized spacial score (nSPS) is 12.2. The van der Waals surface area contributed by atoms with Gasteiger partial charge >= 0.3 is 6.36 Å². The van der Waals surface area contributed by atoms with Crippen LogP contribution in [0.5, 0.6) is 17.4 Å². The number of nitrogens with zero attached hydrogens (tertiary/aromatic N) is 1. The smallest absolute Gasteiger partial charge is 0.439 e. The van der Waals surface area contributed by atoms with Gasteiger partial charge in [0.25, 0.3) is 0 Å². The summed E-state index contributed by atoms with van der Waals surface area (Å²) in [4.78, 5) is 15.1. The van der Waals surface area contributed by atoms with Crippen LogP contribution in [0, 0.1) is 0 Å². The van der Waals surface area contributed by atoms with E-state index >= 15 is 0 Å². The molecule has 1 atom stereocenters. The lowest BCUT2D eigenvalue weighted by molar-refractivity contribution is -0.274. The van der Waals surface area contributed by atoms with Crippen LogP contribution in [-0.4, -0.2) is 23.3 Å². The van der Waals surface area contributed by atoms with Crippen molar-refractivity contribution in [1.29, 1.82) is 0 Å². The predicted octanol–water partition coefficient (Wildman–Crippen LogP) is 4.98. The summed E-state index contributed by atoms with van der Waals surface area (Å²) in [7, 11) is 0. The third-order valence-corrected chi connectivity index (χ3v) is 4.84. The van der Waals surface area contributed by atoms with Crippen LogP contribution in [0.2, 0.25) is 0 Å². The maximum atomic E-state index is 12.2. The molecule has 0 saturated heterocycles. The second-order valence-corrected chi connectivity index (χ2v) is 7.51. The molecule has 1 unspecified atom stereocenters. The number of amides is 1. The van der Waals surface area contributed by atoms with Gasteiger partial charge in [-0.3, -0.25) is 4.79 Å². The van der Waals surface area contributed by atoms with E-state index in [1.165, 1.54) is 18.3 Å². The maximum absolute atomic E-state index is 12.2. The topological polar surface area (TPSA) is 86.5 Å². The Morgan fingerprint density at radius 2 is 1.64 bits per heavy atom. The number of hydrogen-bond donors (Lipinski definition) is 2. The van der Waals surface area contributed by atoms with Crippen LogP contribution in [0.25, 0.3) is 0 Å². The molecule has 3 rings (SSSR count). The average molecular weight is 459 g/mol. The molecular weight excluding hydrogens is 435 g/mol. The van der Waals surface area contributed by atoms with Crippen molar-refractivity contribution in [2.75, 3.05) is 0 Å². The standard InChI is InChI=1S/C24H24F3N3O3/c1-16(29-14-18-6-11-21(12-7-18)33-24(25,26)27)2-3-17-4-9-20(10-5-17)32-22-13-8-19(15-30-22)23(28)31/h4-13,15-16,29H,2-3,14H2,1H3,(H2,28,31). The largest absolute Gasteiger partial charge is 0.573 e. The third-order valence-electron chi connectivity index (χ3n) is 4.84. The molecule has 1 heterocycles. The number of benzene rings is 2. The Bertz CT molecular complexity index is 1040. The molecule has 0 bridgehead atoms. The zero-order valence-electron chi connectivity index (χ0n) is 17.9. The Labute approximate surface area is 189 Å². The Morgan fingerprint density at radius 3 is 2.21 bits per heavy atom. The minimum atomic E-state index is -4.69. The van der Waals surface area contributed by atoms with Gasteiger partial charge in [0.05, 0.1) is 5.56 Å². The highest BCUT2D eigenvalue weighted by Crippen LogP contribution is 2.23. The van der Waals surface area contributed by atoms with E-state index in [4.69, 9.17) is 10.5 Å². The average Bonchev–Trinajstić information content (AvgIpc) is 2.77. The van der Waals surface area contributed by atoms with Crippen molar-refractivity contribution < 1.29 is 27.4 Å². The van der Waals surface area contributed by atoms with Crippen LogP contribution in [0.3, 0.4) is 0 Å². The Balaban J connectivity index is 1.42. The molecule has 0 aliphatic carbocycles. The lowest BCUT2D eigenvalue weighted by atomic mass is 10.1. The Morgan fingerprint density at radius 1 is 1.00 bits per heavy atom. The lowest BCUT2D eigenvalue weighted by Crippen LogP contribution is -2.26. The van der Waals surface area contributed by atoms with E-state index in [2.05, 4.69) is 22.0 Å². The summed E-state index contributed by atoms with van der Waals surface area (Å²) < 4.78 is 46.2. The first-order valence-electron chi connectivity index (χ1n) is 10.3. The van der Waals surface area contributed by atoms with Gasteiger partial charge in [-0.25, -0.2) is 4.98 Å². The van der Waals surface area contributed by atoms with Crippen molar-refractivity contribution in [3.8, 4) is 17.4 Å². The quantitative estimate of drug-likeness (QED) is 0.447. The summed E-state index contributed by atoms with van der Waals surface area (Å²) in [5.74, 6) is 0.214. The van der Waals surface area contributed by atoms with Gasteiger partial charge in [-0.1, -0.05) is 24.3 Å². The van der Waals surface area contributed by atoms with Crippen molar-refractivity contribution >= 4 is 5.91 Å². The molecule has 0 radical (unpaired) electrons. The fraction of sp³-hybridized carbons (Fsp3) is 0.250. The minimum Gasteiger partial charge on any atom is -0.439 e. The lowest BCUT2D eigenvalue weighted by Gasteiger charge is -2.15. The molecule has 0 fully saturated rings. The fourth-order valence-electron chi connectivity index (χ4n) is 3.02. The molecule has 9 heteroatoms. The summed E-state index contributed by atoms with van der Waals surface area (Å²) in [6, 6.07) is 16.8. The SMILES string of the molecule is CC(CCc1ccc(Oc2ccc(C(N)=O)cn2)cc1)NCc1ccc(OC(F)(F)F)cc1. The van der Waals surface area contributed by atoms with Crippen molar-refractivity contribution in [1.82, 2.24) is 10.3 Å². The number of halogens is 3. The van der Waals surface area contributed by atoms with Crippen molar-refractivity contribution in [2.24, 2.45) is 5.73 Å². The second kappa shape index (κ2) is 10.8. The number of carbonyl (C=O) groups excluding carboxylic acids is 1. The van der Waals surface area contributed by atoms with Crippen LogP contribution in [0.4, 0.5) is 13.2 Å². The van der Waals surface area contributed by atoms with E-state index in [1.807, 2.05) is 24.3 Å². The molecule has 2 aromatic carbocycles. The molecule has 33 heavy (non-hydrogen) atoms. The van der Waals surface area contributed by atoms with Gasteiger partial charge in [0.1, 0.15) is 11.5 Å². The number of carbonyl (C=O) groups is 1. The van der Waals surface area contributed by atoms with Crippen LogP contribution >= 0.6 is 0 Å². The number of nitrogens with one attached hydrogen (secondary N) is 1. The number of primary amides is 1. The van der Waals surface area contributed by atoms with E-state index < -0.39 is 12.3 Å². The number of pyridine rings is 1. The predicted molar refractivity (Wildman–Crippen MR) is 117 cm³/mol. The van der Waals surface area contributed by atoms with Crippen LogP contribution in [-0.2, 0) is 13.0 Å². The summed E-state index contributed by atoms with van der Waals surface area (Å²) in [6.07, 6.45) is -1.59. The van der Waals surface area contributed by atoms with E-state index in [-0.39, 0.29) is 11.8 Å². The van der Waals surface area contributed by atoms with Gasteiger partial charge in [-0.15, -0.1) is 13.2 Å². The molecule has 174 valence electrons. The highest BCUT2D eigenvalue weighted by Gasteiger charge is 2.30. The molecule has 3 aromatic rings. The number of nitrogens with two attached hydrogens (primary N) is 1. The van der Waals surface area contributed by atoms with Gasteiger partial charge in [0.15, 0.2) is 0 Å². The third kappa shape index (κ3) is 8.12. The summed E-state index contributed by atoms with van der Waals surface area (Å²) in [6.45, 7) is 2.60. The molecule has 0 saturated carbocycles. The summed E-state index contributed by atoms with van der Waals surface area (Å²) in [5, 5.41) is 3.36. The highest BCUT2D eigenvalue weighted by molar-refractivity contribution is 5.92. The maximum Gasteiger partial charge on any atom is 0.573 e. The monoisotopic (exact) mass is 459 g/mol. The first-order chi connectivity index (χ1) is 15.7. The number of aryl methyl sites for hydroxylation is 1. The summed E-state index contributed by atoms with van der Waals surface area (Å²) >= 11 is 0. The van der Waals surface area contributed by atoms with Crippen molar-refractivity contribution in [3.63, 3.8) is 0 Å². The molecule has 1 aromatic heterocycles. The van der Waals surface area contributed by atoms with Gasteiger partial charge in [-0.2, -0.15) is 0 Å². The van der Waals surface area contributed by atoms with E-state index in [9.17, 15) is 18.0 Å². The van der Waals surface area contributed by atoms with Gasteiger partial charge in [0.2, 0.25) is 11.8 Å². The Kier molecular flexibility index (Phi) is 7.89. The molecule has 0 aliphatic heterocycles. The second-order valence-electron chi connectivity index (χ2n) is 7.51. The van der Waals surface area contributed by atoms with Crippen LogP contribution in [0.15, 0.2) is 66.9 Å². The number of rotatable bonds is 10. The summed E-state index contributed by atoms with van der Waals surface area (Å²) in [5.41, 5.74) is 7.52. The molecule has 6 nitrogen and oxygen atoms in total. The Hall–Kier alpha value is -3.59. The number of aromatic nitrogens is 1. The number of ether oxygens (including phenoxy) is 2. The van der Waals surface area contributed by atoms with Gasteiger partial charge in [0, 0.05) is 24.8 Å². The molecule has 1 amide bonds. The van der Waals surface area contributed by atoms with E-state index in [0.29, 0.717) is 23.7 Å². The van der Waals surface area contributed by atoms with Gasteiger partial charge < -0.3 is 20.5 Å².